The molecule has 1 aliphatic rings. The van der Waals surface area contributed by atoms with Gasteiger partial charge in [-0.05, 0) is 48.2 Å². The van der Waals surface area contributed by atoms with E-state index in [2.05, 4.69) is 91.9 Å². The summed E-state index contributed by atoms with van der Waals surface area (Å²) < 4.78 is 0. The minimum Gasteiger partial charge on any atom is -0.303 e. The Balaban J connectivity index is 1.88. The molecule has 1 unspecified atom stereocenters. The summed E-state index contributed by atoms with van der Waals surface area (Å²) in [5, 5.41) is 0. The second-order valence-electron chi connectivity index (χ2n) is 7.58. The van der Waals surface area contributed by atoms with Gasteiger partial charge in [-0.25, -0.2) is 0 Å². The summed E-state index contributed by atoms with van der Waals surface area (Å²) in [5.74, 6) is 0. The van der Waals surface area contributed by atoms with Crippen LogP contribution in [0.15, 0.2) is 55.1 Å². The van der Waals surface area contributed by atoms with E-state index in [1.54, 1.807) is 0 Å². The highest BCUT2D eigenvalue weighted by molar-refractivity contribution is 5.57. The highest BCUT2D eigenvalue weighted by atomic mass is 15.3. The van der Waals surface area contributed by atoms with Gasteiger partial charge >= 0.3 is 0 Å². The van der Waals surface area contributed by atoms with Crippen LogP contribution >= 0.6 is 0 Å². The number of allylic oxidation sites excluding steroid dienone is 1. The van der Waals surface area contributed by atoms with Gasteiger partial charge in [0.05, 0.1) is 0 Å². The van der Waals surface area contributed by atoms with E-state index < -0.39 is 0 Å². The maximum atomic E-state index is 3.87. The van der Waals surface area contributed by atoms with E-state index >= 15 is 0 Å². The molecule has 2 heteroatoms. The van der Waals surface area contributed by atoms with E-state index in [0.717, 1.165) is 32.6 Å². The Morgan fingerprint density at radius 3 is 2.59 bits per heavy atom. The van der Waals surface area contributed by atoms with Crippen molar-refractivity contribution in [2.75, 3.05) is 26.7 Å². The van der Waals surface area contributed by atoms with Crippen molar-refractivity contribution in [3.05, 3.63) is 82.9 Å². The molecule has 0 bridgehead atoms. The summed E-state index contributed by atoms with van der Waals surface area (Å²) in [6.07, 6.45) is 7.55. The predicted molar refractivity (Wildman–Crippen MR) is 118 cm³/mol. The molecule has 0 saturated carbocycles. The van der Waals surface area contributed by atoms with Crippen LogP contribution in [0.3, 0.4) is 0 Å². The Hall–Kier alpha value is -2.16. The number of likely N-dealkylation sites (N-methyl/N-ethyl adjacent to an activating group) is 1. The van der Waals surface area contributed by atoms with Crippen molar-refractivity contribution in [2.45, 2.75) is 32.9 Å². The molecule has 0 radical (unpaired) electrons. The standard InChI is InChI=1S/C25H32N2/c1-5-7-11-24-20(3)9-8-10-23(24)18-27-17-16-26(4)19-25(27)22-14-12-21(6-2)13-15-22/h6-15,25H,2,5,16-19H2,1,3-4H3/b11-7-. The molecule has 0 aliphatic carbocycles. The SMILES string of the molecule is C=Cc1ccc(C2CN(C)CCN2Cc2cccc(C)c2/C=C\CC)cc1. The van der Waals surface area contributed by atoms with E-state index in [-0.39, 0.29) is 0 Å². The van der Waals surface area contributed by atoms with Crippen molar-refractivity contribution in [3.63, 3.8) is 0 Å². The molecule has 1 saturated heterocycles. The number of piperazine rings is 1. The number of benzene rings is 2. The Kier molecular flexibility index (Phi) is 6.65. The summed E-state index contributed by atoms with van der Waals surface area (Å²) in [6, 6.07) is 16.0. The molecular weight excluding hydrogens is 328 g/mol. The van der Waals surface area contributed by atoms with Crippen molar-refractivity contribution in [2.24, 2.45) is 0 Å². The van der Waals surface area contributed by atoms with Crippen molar-refractivity contribution in [1.82, 2.24) is 9.80 Å². The largest absolute Gasteiger partial charge is 0.303 e. The van der Waals surface area contributed by atoms with E-state index in [1.165, 1.54) is 27.8 Å². The van der Waals surface area contributed by atoms with E-state index in [9.17, 15) is 0 Å². The van der Waals surface area contributed by atoms with Gasteiger partial charge < -0.3 is 4.90 Å². The lowest BCUT2D eigenvalue weighted by atomic mass is 9.97. The van der Waals surface area contributed by atoms with Crippen LogP contribution in [0, 0.1) is 6.92 Å². The molecule has 1 aliphatic heterocycles. The van der Waals surface area contributed by atoms with Crippen molar-refractivity contribution in [1.29, 1.82) is 0 Å². The lowest BCUT2D eigenvalue weighted by Crippen LogP contribution is -2.46. The molecule has 0 amide bonds. The predicted octanol–water partition coefficient (Wildman–Crippen LogP) is 5.55. The molecule has 2 nitrogen and oxygen atoms in total. The first-order valence-corrected chi connectivity index (χ1v) is 10.0. The zero-order valence-electron chi connectivity index (χ0n) is 17.0. The third-order valence-corrected chi connectivity index (χ3v) is 5.56. The molecule has 0 spiro atoms. The second-order valence-corrected chi connectivity index (χ2v) is 7.58. The lowest BCUT2D eigenvalue weighted by molar-refractivity contribution is 0.0833. The maximum Gasteiger partial charge on any atom is 0.0479 e. The third-order valence-electron chi connectivity index (χ3n) is 5.56. The molecule has 0 aromatic heterocycles. The monoisotopic (exact) mass is 360 g/mol. The Morgan fingerprint density at radius 2 is 1.89 bits per heavy atom. The number of hydrogen-bond acceptors (Lipinski definition) is 2. The van der Waals surface area contributed by atoms with Gasteiger partial charge in [0.15, 0.2) is 0 Å². The molecule has 1 heterocycles. The second kappa shape index (κ2) is 9.16. The fraction of sp³-hybridized carbons (Fsp3) is 0.360. The molecule has 27 heavy (non-hydrogen) atoms. The van der Waals surface area contributed by atoms with Crippen LogP contribution in [-0.4, -0.2) is 36.5 Å². The molecule has 142 valence electrons. The van der Waals surface area contributed by atoms with Crippen LogP contribution in [0.1, 0.15) is 47.2 Å². The van der Waals surface area contributed by atoms with Crippen LogP contribution in [0.25, 0.3) is 12.2 Å². The summed E-state index contributed by atoms with van der Waals surface area (Å²) in [4.78, 5) is 5.08. The Bertz CT molecular complexity index is 788. The van der Waals surface area contributed by atoms with E-state index in [4.69, 9.17) is 0 Å². The average molecular weight is 361 g/mol. The maximum absolute atomic E-state index is 3.87. The van der Waals surface area contributed by atoms with E-state index in [1.807, 2.05) is 6.08 Å². The quantitative estimate of drug-likeness (QED) is 0.666. The lowest BCUT2D eigenvalue weighted by Gasteiger charge is -2.40. The first-order chi connectivity index (χ1) is 13.1. The van der Waals surface area contributed by atoms with Gasteiger partial charge in [-0.1, -0.05) is 74.2 Å². The van der Waals surface area contributed by atoms with Crippen LogP contribution in [0.2, 0.25) is 0 Å². The molecule has 0 N–H and O–H groups in total. The smallest absolute Gasteiger partial charge is 0.0479 e. The highest BCUT2D eigenvalue weighted by Gasteiger charge is 2.27. The van der Waals surface area contributed by atoms with Gasteiger partial charge in [0.25, 0.3) is 0 Å². The van der Waals surface area contributed by atoms with Gasteiger partial charge in [-0.2, -0.15) is 0 Å². The van der Waals surface area contributed by atoms with Crippen molar-refractivity contribution >= 4 is 12.2 Å². The Labute approximate surface area is 164 Å². The number of hydrogen-bond donors (Lipinski definition) is 0. The first-order valence-electron chi connectivity index (χ1n) is 10.0. The Morgan fingerprint density at radius 1 is 1.11 bits per heavy atom. The molecule has 2 aromatic rings. The van der Waals surface area contributed by atoms with Gasteiger partial charge in [0, 0.05) is 32.2 Å². The van der Waals surface area contributed by atoms with Gasteiger partial charge in [0.1, 0.15) is 0 Å². The van der Waals surface area contributed by atoms with Gasteiger partial charge in [-0.3, -0.25) is 4.90 Å². The van der Waals surface area contributed by atoms with Crippen LogP contribution < -0.4 is 0 Å². The highest BCUT2D eigenvalue weighted by Crippen LogP contribution is 2.29. The van der Waals surface area contributed by atoms with Gasteiger partial charge in [-0.15, -0.1) is 0 Å². The summed E-state index contributed by atoms with van der Waals surface area (Å²) in [5.41, 5.74) is 6.75. The third kappa shape index (κ3) is 4.77. The van der Waals surface area contributed by atoms with Crippen LogP contribution in [0.4, 0.5) is 0 Å². The molecule has 1 atom stereocenters. The average Bonchev–Trinajstić information content (AvgIpc) is 2.69. The number of rotatable bonds is 6. The molecular formula is C25H32N2. The molecule has 1 fully saturated rings. The van der Waals surface area contributed by atoms with Crippen molar-refractivity contribution < 1.29 is 0 Å². The summed E-state index contributed by atoms with van der Waals surface area (Å²) in [7, 11) is 2.23. The summed E-state index contributed by atoms with van der Waals surface area (Å²) >= 11 is 0. The fourth-order valence-electron chi connectivity index (χ4n) is 3.89. The van der Waals surface area contributed by atoms with Crippen LogP contribution in [-0.2, 0) is 6.54 Å². The zero-order valence-corrected chi connectivity index (χ0v) is 17.0. The minimum absolute atomic E-state index is 0.422. The summed E-state index contributed by atoms with van der Waals surface area (Å²) in [6.45, 7) is 12.6. The topological polar surface area (TPSA) is 6.48 Å². The zero-order chi connectivity index (χ0) is 19.2. The van der Waals surface area contributed by atoms with E-state index in [0.29, 0.717) is 6.04 Å². The van der Waals surface area contributed by atoms with Gasteiger partial charge in [0.2, 0.25) is 0 Å². The number of nitrogens with zero attached hydrogens (tertiary/aromatic N) is 2. The fourth-order valence-corrected chi connectivity index (χ4v) is 3.89. The van der Waals surface area contributed by atoms with Crippen molar-refractivity contribution in [3.8, 4) is 0 Å². The molecule has 2 aromatic carbocycles. The minimum atomic E-state index is 0.422. The molecule has 3 rings (SSSR count). The normalized spacial score (nSPS) is 18.9. The first kappa shape index (κ1) is 19.6. The number of aryl methyl sites for hydroxylation is 1. The van der Waals surface area contributed by atoms with Crippen LogP contribution in [0.5, 0.6) is 0 Å².